The summed E-state index contributed by atoms with van der Waals surface area (Å²) in [6.45, 7) is 0.386. The lowest BCUT2D eigenvalue weighted by atomic mass is 10.1. The van der Waals surface area contributed by atoms with Gasteiger partial charge in [0, 0.05) is 17.8 Å². The van der Waals surface area contributed by atoms with Gasteiger partial charge in [-0.2, -0.15) is 0 Å². The summed E-state index contributed by atoms with van der Waals surface area (Å²) in [5.74, 6) is -0.760. The van der Waals surface area contributed by atoms with Crippen molar-refractivity contribution in [3.8, 4) is 0 Å². The van der Waals surface area contributed by atoms with Crippen molar-refractivity contribution in [2.45, 2.75) is 6.42 Å². The zero-order valence-corrected chi connectivity index (χ0v) is 13.2. The third-order valence-corrected chi connectivity index (χ3v) is 4.88. The number of benzene rings is 2. The van der Waals surface area contributed by atoms with E-state index in [0.29, 0.717) is 29.9 Å². The summed E-state index contributed by atoms with van der Waals surface area (Å²) in [7, 11) is -3.36. The molecule has 3 rings (SSSR count). The molecule has 5 nitrogen and oxygen atoms in total. The Morgan fingerprint density at radius 3 is 2.52 bits per heavy atom. The largest absolute Gasteiger partial charge is 0.322 e. The predicted molar refractivity (Wildman–Crippen MR) is 86.7 cm³/mol. The Balaban J connectivity index is 1.87. The van der Waals surface area contributed by atoms with E-state index in [9.17, 15) is 17.6 Å². The van der Waals surface area contributed by atoms with E-state index in [4.69, 9.17) is 0 Å². The number of nitrogens with one attached hydrogen (secondary N) is 1. The van der Waals surface area contributed by atoms with Crippen molar-refractivity contribution >= 4 is 27.3 Å². The van der Waals surface area contributed by atoms with Gasteiger partial charge >= 0.3 is 0 Å². The van der Waals surface area contributed by atoms with Crippen molar-refractivity contribution < 1.29 is 17.6 Å². The molecule has 0 unspecified atom stereocenters. The van der Waals surface area contributed by atoms with E-state index in [1.54, 1.807) is 18.2 Å². The van der Waals surface area contributed by atoms with Gasteiger partial charge in [0.2, 0.25) is 10.0 Å². The second-order valence-corrected chi connectivity index (χ2v) is 7.30. The highest BCUT2D eigenvalue weighted by Gasteiger charge is 2.26. The van der Waals surface area contributed by atoms with Crippen molar-refractivity contribution in [1.82, 2.24) is 0 Å². The molecule has 1 amide bonds. The highest BCUT2D eigenvalue weighted by molar-refractivity contribution is 7.92. The zero-order valence-electron chi connectivity index (χ0n) is 12.4. The number of nitrogens with zero attached hydrogens (tertiary/aromatic N) is 1. The van der Waals surface area contributed by atoms with E-state index in [0.717, 1.165) is 11.8 Å². The average Bonchev–Trinajstić information content (AvgIpc) is 2.92. The smallest absolute Gasteiger partial charge is 0.255 e. The number of amides is 1. The first-order valence-electron chi connectivity index (χ1n) is 7.02. The summed E-state index contributed by atoms with van der Waals surface area (Å²) in [4.78, 5) is 12.3. The van der Waals surface area contributed by atoms with Crippen molar-refractivity contribution in [3.63, 3.8) is 0 Å². The summed E-state index contributed by atoms with van der Waals surface area (Å²) >= 11 is 0. The van der Waals surface area contributed by atoms with Gasteiger partial charge in [-0.05, 0) is 48.4 Å². The van der Waals surface area contributed by atoms with E-state index in [1.165, 1.54) is 28.6 Å². The summed E-state index contributed by atoms with van der Waals surface area (Å²) < 4.78 is 37.8. The van der Waals surface area contributed by atoms with Gasteiger partial charge in [0.1, 0.15) is 5.82 Å². The molecule has 2 aromatic rings. The molecule has 0 fully saturated rings. The fourth-order valence-electron chi connectivity index (χ4n) is 2.57. The number of carbonyl (C=O) groups is 1. The Hall–Kier alpha value is -2.41. The van der Waals surface area contributed by atoms with Gasteiger partial charge in [-0.1, -0.05) is 6.07 Å². The van der Waals surface area contributed by atoms with Crippen LogP contribution < -0.4 is 9.62 Å². The summed E-state index contributed by atoms with van der Waals surface area (Å²) in [6.07, 6.45) is 1.77. The monoisotopic (exact) mass is 334 g/mol. The number of anilines is 2. The minimum Gasteiger partial charge on any atom is -0.322 e. The molecule has 2 aromatic carbocycles. The lowest BCUT2D eigenvalue weighted by Gasteiger charge is -2.17. The molecule has 0 aliphatic carbocycles. The molecule has 0 aromatic heterocycles. The average molecular weight is 334 g/mol. The van der Waals surface area contributed by atoms with Gasteiger partial charge in [-0.25, -0.2) is 12.8 Å². The lowest BCUT2D eigenvalue weighted by Crippen LogP contribution is -2.27. The van der Waals surface area contributed by atoms with Crippen molar-refractivity contribution in [2.75, 3.05) is 22.4 Å². The number of fused-ring (bicyclic) bond motifs is 1. The van der Waals surface area contributed by atoms with Gasteiger partial charge in [0.05, 0.1) is 11.9 Å². The molecule has 0 saturated carbocycles. The van der Waals surface area contributed by atoms with Crippen molar-refractivity contribution in [1.29, 1.82) is 0 Å². The van der Waals surface area contributed by atoms with E-state index >= 15 is 0 Å². The van der Waals surface area contributed by atoms with Crippen LogP contribution in [-0.4, -0.2) is 27.1 Å². The van der Waals surface area contributed by atoms with E-state index in [-0.39, 0.29) is 11.7 Å². The Kier molecular flexibility index (Phi) is 3.81. The Bertz CT molecular complexity index is 863. The maximum Gasteiger partial charge on any atom is 0.255 e. The summed E-state index contributed by atoms with van der Waals surface area (Å²) in [6, 6.07) is 10.4. The molecule has 1 heterocycles. The van der Waals surface area contributed by atoms with Crippen LogP contribution in [0.3, 0.4) is 0 Å². The SMILES string of the molecule is CS(=O)(=O)N1CCc2ccc(C(=O)Nc3ccc(F)cc3)cc21. The van der Waals surface area contributed by atoms with Crippen LogP contribution in [-0.2, 0) is 16.4 Å². The highest BCUT2D eigenvalue weighted by atomic mass is 32.2. The number of hydrogen-bond donors (Lipinski definition) is 1. The topological polar surface area (TPSA) is 66.5 Å². The van der Waals surface area contributed by atoms with Gasteiger partial charge in [0.25, 0.3) is 5.91 Å². The summed E-state index contributed by atoms with van der Waals surface area (Å²) in [5, 5.41) is 2.66. The molecule has 23 heavy (non-hydrogen) atoms. The second kappa shape index (κ2) is 5.66. The summed E-state index contributed by atoms with van der Waals surface area (Å²) in [5.41, 5.74) is 2.26. The Labute approximate surface area is 133 Å². The minimum atomic E-state index is -3.36. The molecule has 0 radical (unpaired) electrons. The second-order valence-electron chi connectivity index (χ2n) is 5.39. The molecule has 0 atom stereocenters. The molecular weight excluding hydrogens is 319 g/mol. The van der Waals surface area contributed by atoms with Crippen LogP contribution in [0.15, 0.2) is 42.5 Å². The zero-order chi connectivity index (χ0) is 16.6. The van der Waals surface area contributed by atoms with Crippen LogP contribution in [0, 0.1) is 5.82 Å². The van der Waals surface area contributed by atoms with Crippen LogP contribution in [0.1, 0.15) is 15.9 Å². The van der Waals surface area contributed by atoms with Crippen LogP contribution in [0.2, 0.25) is 0 Å². The van der Waals surface area contributed by atoms with E-state index in [1.807, 2.05) is 0 Å². The third kappa shape index (κ3) is 3.19. The quantitative estimate of drug-likeness (QED) is 0.937. The van der Waals surface area contributed by atoms with Crippen molar-refractivity contribution in [2.24, 2.45) is 0 Å². The number of halogens is 1. The van der Waals surface area contributed by atoms with E-state index in [2.05, 4.69) is 5.32 Å². The first-order chi connectivity index (χ1) is 10.8. The van der Waals surface area contributed by atoms with Crippen LogP contribution >= 0.6 is 0 Å². The maximum atomic E-state index is 12.9. The molecule has 1 aliphatic rings. The third-order valence-electron chi connectivity index (χ3n) is 3.70. The van der Waals surface area contributed by atoms with Crippen LogP contribution in [0.4, 0.5) is 15.8 Å². The number of sulfonamides is 1. The molecule has 1 aliphatic heterocycles. The fraction of sp³-hybridized carbons (Fsp3) is 0.188. The molecule has 7 heteroatoms. The molecule has 0 saturated heterocycles. The molecule has 120 valence electrons. The van der Waals surface area contributed by atoms with Gasteiger partial charge in [-0.3, -0.25) is 9.10 Å². The number of hydrogen-bond acceptors (Lipinski definition) is 3. The normalized spacial score (nSPS) is 13.7. The van der Waals surface area contributed by atoms with Crippen LogP contribution in [0.25, 0.3) is 0 Å². The first-order valence-corrected chi connectivity index (χ1v) is 8.87. The molecule has 0 bridgehead atoms. The van der Waals surface area contributed by atoms with Gasteiger partial charge in [-0.15, -0.1) is 0 Å². The van der Waals surface area contributed by atoms with E-state index < -0.39 is 10.0 Å². The predicted octanol–water partition coefficient (Wildman–Crippen LogP) is 2.40. The van der Waals surface area contributed by atoms with Crippen molar-refractivity contribution in [3.05, 3.63) is 59.4 Å². The lowest BCUT2D eigenvalue weighted by molar-refractivity contribution is 0.102. The van der Waals surface area contributed by atoms with Gasteiger partial charge < -0.3 is 5.32 Å². The standard InChI is InChI=1S/C16H15FN2O3S/c1-23(21,22)19-9-8-11-2-3-12(10-15(11)19)16(20)18-14-6-4-13(17)5-7-14/h2-7,10H,8-9H2,1H3,(H,18,20). The molecule has 0 spiro atoms. The number of carbonyl (C=O) groups excluding carboxylic acids is 1. The first kappa shape index (κ1) is 15.5. The van der Waals surface area contributed by atoms with Gasteiger partial charge in [0.15, 0.2) is 0 Å². The fourth-order valence-corrected chi connectivity index (χ4v) is 3.52. The Morgan fingerprint density at radius 2 is 1.87 bits per heavy atom. The van der Waals surface area contributed by atoms with Crippen LogP contribution in [0.5, 0.6) is 0 Å². The maximum absolute atomic E-state index is 12.9. The Morgan fingerprint density at radius 1 is 1.17 bits per heavy atom. The number of rotatable bonds is 3. The molecular formula is C16H15FN2O3S. The molecule has 1 N–H and O–H groups in total. The highest BCUT2D eigenvalue weighted by Crippen LogP contribution is 2.31. The minimum absolute atomic E-state index is 0.351.